The molecule has 0 spiro atoms. The molecule has 0 saturated heterocycles. The smallest absolute Gasteiger partial charge is 0.335 e. The van der Waals surface area contributed by atoms with Crippen molar-refractivity contribution in [2.75, 3.05) is 0 Å². The molecule has 0 bridgehead atoms. The van der Waals surface area contributed by atoms with Crippen LogP contribution in [-0.4, -0.2) is 22.1 Å². The van der Waals surface area contributed by atoms with E-state index in [4.69, 9.17) is 5.11 Å². The lowest BCUT2D eigenvalue weighted by atomic mass is 10.2. The molecule has 21 heavy (non-hydrogen) atoms. The van der Waals surface area contributed by atoms with Crippen LogP contribution in [0.5, 0.6) is 0 Å². The predicted molar refractivity (Wildman–Crippen MR) is 79.3 cm³/mol. The van der Waals surface area contributed by atoms with Gasteiger partial charge in [0.2, 0.25) is 0 Å². The maximum absolute atomic E-state index is 11.8. The number of nitrogens with one attached hydrogen (secondary N) is 2. The molecule has 0 aliphatic heterocycles. The van der Waals surface area contributed by atoms with E-state index in [0.717, 1.165) is 4.88 Å². The predicted octanol–water partition coefficient (Wildman–Crippen LogP) is 2.40. The molecule has 0 radical (unpaired) electrons. The summed E-state index contributed by atoms with van der Waals surface area (Å²) in [5.41, 5.74) is 0.642. The summed E-state index contributed by atoms with van der Waals surface area (Å²) in [6, 6.07) is 6.32. The van der Waals surface area contributed by atoms with Gasteiger partial charge < -0.3 is 15.7 Å². The van der Waals surface area contributed by atoms with E-state index in [2.05, 4.69) is 15.6 Å². The van der Waals surface area contributed by atoms with E-state index in [1.54, 1.807) is 11.3 Å². The van der Waals surface area contributed by atoms with Gasteiger partial charge in [-0.2, -0.15) is 0 Å². The fraction of sp³-hybridized carbons (Fsp3) is 0.214. The molecule has 3 N–H and O–H groups in total. The topological polar surface area (TPSA) is 91.3 Å². The molecule has 0 aliphatic carbocycles. The van der Waals surface area contributed by atoms with Crippen molar-refractivity contribution in [1.82, 2.24) is 15.6 Å². The summed E-state index contributed by atoms with van der Waals surface area (Å²) >= 11 is 1.57. The van der Waals surface area contributed by atoms with E-state index in [1.807, 2.05) is 24.4 Å². The molecule has 0 fully saturated rings. The Balaban J connectivity index is 1.86. The number of amides is 2. The lowest BCUT2D eigenvalue weighted by molar-refractivity contribution is 0.0696. The molecule has 1 unspecified atom stereocenters. The number of aromatic carboxylic acids is 1. The summed E-state index contributed by atoms with van der Waals surface area (Å²) in [6.45, 7) is 2.07. The minimum Gasteiger partial charge on any atom is -0.478 e. The number of aromatic nitrogens is 1. The second-order valence-corrected chi connectivity index (χ2v) is 5.38. The van der Waals surface area contributed by atoms with E-state index < -0.39 is 5.97 Å². The van der Waals surface area contributed by atoms with Crippen LogP contribution in [0.4, 0.5) is 4.79 Å². The second-order valence-electron chi connectivity index (χ2n) is 4.41. The number of thiophene rings is 1. The van der Waals surface area contributed by atoms with E-state index in [-0.39, 0.29) is 24.2 Å². The summed E-state index contributed by atoms with van der Waals surface area (Å²) in [6.07, 6.45) is 1.41. The average Bonchev–Trinajstić information content (AvgIpc) is 2.99. The third-order valence-electron chi connectivity index (χ3n) is 2.81. The molecule has 2 aromatic heterocycles. The van der Waals surface area contributed by atoms with Gasteiger partial charge in [0.1, 0.15) is 0 Å². The van der Waals surface area contributed by atoms with Gasteiger partial charge in [-0.05, 0) is 30.5 Å². The Bertz CT molecular complexity index is 628. The zero-order chi connectivity index (χ0) is 15.2. The van der Waals surface area contributed by atoms with E-state index in [9.17, 15) is 9.59 Å². The van der Waals surface area contributed by atoms with Crippen LogP contribution in [0, 0.1) is 0 Å². The largest absolute Gasteiger partial charge is 0.478 e. The van der Waals surface area contributed by atoms with Gasteiger partial charge in [-0.3, -0.25) is 4.98 Å². The summed E-state index contributed by atoms with van der Waals surface area (Å²) < 4.78 is 0. The number of rotatable bonds is 5. The number of pyridine rings is 1. The van der Waals surface area contributed by atoms with Crippen LogP contribution in [0.25, 0.3) is 0 Å². The molecule has 0 aliphatic rings. The fourth-order valence-electron chi connectivity index (χ4n) is 1.74. The van der Waals surface area contributed by atoms with Gasteiger partial charge in [-0.25, -0.2) is 9.59 Å². The van der Waals surface area contributed by atoms with Crippen molar-refractivity contribution in [2.24, 2.45) is 0 Å². The maximum atomic E-state index is 11.8. The first-order valence-corrected chi connectivity index (χ1v) is 7.20. The Hall–Kier alpha value is -2.41. The number of hydrogen-bond acceptors (Lipinski definition) is 4. The highest BCUT2D eigenvalue weighted by Gasteiger charge is 2.10. The summed E-state index contributed by atoms with van der Waals surface area (Å²) in [7, 11) is 0. The zero-order valence-electron chi connectivity index (χ0n) is 11.4. The Labute approximate surface area is 125 Å². The molecular formula is C14H15N3O3S. The second kappa shape index (κ2) is 6.85. The molecule has 6 nitrogen and oxygen atoms in total. The lowest BCUT2D eigenvalue weighted by Crippen LogP contribution is -2.36. The van der Waals surface area contributed by atoms with Gasteiger partial charge in [-0.15, -0.1) is 11.3 Å². The number of hydrogen-bond donors (Lipinski definition) is 3. The van der Waals surface area contributed by atoms with Crippen LogP contribution in [0.2, 0.25) is 0 Å². The third-order valence-corrected chi connectivity index (χ3v) is 3.87. The summed E-state index contributed by atoms with van der Waals surface area (Å²) in [5, 5.41) is 16.3. The highest BCUT2D eigenvalue weighted by Crippen LogP contribution is 2.17. The van der Waals surface area contributed by atoms with Crippen LogP contribution >= 0.6 is 11.3 Å². The standard InChI is InChI=1S/C14H15N3O3S/c1-9(12-3-2-6-21-12)17-14(20)16-8-11-7-10(13(18)19)4-5-15-11/h2-7,9H,8H2,1H3,(H,18,19)(H2,16,17,20). The van der Waals surface area contributed by atoms with E-state index in [0.29, 0.717) is 5.69 Å². The first-order valence-electron chi connectivity index (χ1n) is 6.32. The van der Waals surface area contributed by atoms with Gasteiger partial charge in [0, 0.05) is 11.1 Å². The summed E-state index contributed by atoms with van der Waals surface area (Å²) in [4.78, 5) is 27.7. The molecular weight excluding hydrogens is 290 g/mol. The highest BCUT2D eigenvalue weighted by molar-refractivity contribution is 7.10. The summed E-state index contributed by atoms with van der Waals surface area (Å²) in [5.74, 6) is -1.02. The van der Waals surface area contributed by atoms with E-state index in [1.165, 1.54) is 18.3 Å². The Morgan fingerprint density at radius 3 is 2.90 bits per heavy atom. The Kier molecular flexibility index (Phi) is 4.89. The minimum absolute atomic E-state index is 0.0803. The molecule has 2 amide bonds. The molecule has 1 atom stereocenters. The number of carbonyl (C=O) groups excluding carboxylic acids is 1. The Morgan fingerprint density at radius 2 is 2.24 bits per heavy atom. The lowest BCUT2D eigenvalue weighted by Gasteiger charge is -2.13. The van der Waals surface area contributed by atoms with Gasteiger partial charge in [0.25, 0.3) is 0 Å². The number of carboxylic acids is 1. The Morgan fingerprint density at radius 1 is 1.43 bits per heavy atom. The van der Waals surface area contributed by atoms with Crippen LogP contribution in [0.3, 0.4) is 0 Å². The molecule has 2 heterocycles. The van der Waals surface area contributed by atoms with Crippen LogP contribution in [-0.2, 0) is 6.54 Å². The minimum atomic E-state index is -1.02. The van der Waals surface area contributed by atoms with Gasteiger partial charge in [-0.1, -0.05) is 6.07 Å². The molecule has 7 heteroatoms. The van der Waals surface area contributed by atoms with Crippen LogP contribution in [0.15, 0.2) is 35.8 Å². The molecule has 2 aromatic rings. The molecule has 2 rings (SSSR count). The zero-order valence-corrected chi connectivity index (χ0v) is 12.2. The molecule has 0 saturated carbocycles. The quantitative estimate of drug-likeness (QED) is 0.791. The fourth-order valence-corrected chi connectivity index (χ4v) is 2.47. The van der Waals surface area contributed by atoms with Gasteiger partial charge in [0.05, 0.1) is 23.8 Å². The van der Waals surface area contributed by atoms with Crippen molar-refractivity contribution in [1.29, 1.82) is 0 Å². The number of nitrogens with zero attached hydrogens (tertiary/aromatic N) is 1. The highest BCUT2D eigenvalue weighted by atomic mass is 32.1. The van der Waals surface area contributed by atoms with Gasteiger partial charge in [0.15, 0.2) is 0 Å². The first-order chi connectivity index (χ1) is 10.1. The van der Waals surface area contributed by atoms with E-state index >= 15 is 0 Å². The molecule has 110 valence electrons. The third kappa shape index (κ3) is 4.28. The number of carbonyl (C=O) groups is 2. The van der Waals surface area contributed by atoms with Crippen LogP contribution in [0.1, 0.15) is 33.9 Å². The average molecular weight is 305 g/mol. The van der Waals surface area contributed by atoms with Crippen molar-refractivity contribution in [3.63, 3.8) is 0 Å². The normalized spacial score (nSPS) is 11.7. The number of carboxylic acid groups (broad SMARTS) is 1. The van der Waals surface area contributed by atoms with Crippen molar-refractivity contribution < 1.29 is 14.7 Å². The van der Waals surface area contributed by atoms with Crippen molar-refractivity contribution >= 4 is 23.3 Å². The maximum Gasteiger partial charge on any atom is 0.335 e. The first kappa shape index (κ1) is 15.0. The SMILES string of the molecule is CC(NC(=O)NCc1cc(C(=O)O)ccn1)c1cccs1. The van der Waals surface area contributed by atoms with Crippen LogP contribution < -0.4 is 10.6 Å². The van der Waals surface area contributed by atoms with Crippen molar-refractivity contribution in [2.45, 2.75) is 19.5 Å². The monoisotopic (exact) mass is 305 g/mol. The number of urea groups is 1. The van der Waals surface area contributed by atoms with Crippen molar-refractivity contribution in [3.05, 3.63) is 52.0 Å². The molecule has 0 aromatic carbocycles. The van der Waals surface area contributed by atoms with Gasteiger partial charge >= 0.3 is 12.0 Å². The van der Waals surface area contributed by atoms with Crippen molar-refractivity contribution in [3.8, 4) is 0 Å².